The monoisotopic (exact) mass is 259 g/mol. The van der Waals surface area contributed by atoms with Gasteiger partial charge in [-0.1, -0.05) is 13.3 Å². The van der Waals surface area contributed by atoms with E-state index in [4.69, 9.17) is 0 Å². The smallest absolute Gasteiger partial charge is 0.145 e. The predicted molar refractivity (Wildman–Crippen MR) is 76.6 cm³/mol. The largest absolute Gasteiger partial charge is 0.307 e. The second-order valence-corrected chi connectivity index (χ2v) is 6.28. The molecule has 2 fully saturated rings. The zero-order chi connectivity index (χ0) is 13.1. The molecule has 1 aromatic heterocycles. The Bertz CT molecular complexity index is 392. The van der Waals surface area contributed by atoms with Crippen molar-refractivity contribution >= 4 is 0 Å². The Hall–Kier alpha value is -0.960. The van der Waals surface area contributed by atoms with Crippen molar-refractivity contribution in [2.45, 2.75) is 51.5 Å². The van der Waals surface area contributed by atoms with Crippen LogP contribution >= 0.6 is 0 Å². The van der Waals surface area contributed by atoms with E-state index in [9.17, 15) is 0 Å². The molecule has 2 bridgehead atoms. The van der Waals surface area contributed by atoms with Crippen LogP contribution in [-0.4, -0.2) is 16.5 Å². The lowest BCUT2D eigenvalue weighted by molar-refractivity contribution is 0.275. The third kappa shape index (κ3) is 2.97. The van der Waals surface area contributed by atoms with Gasteiger partial charge in [0.1, 0.15) is 5.82 Å². The van der Waals surface area contributed by atoms with Crippen LogP contribution in [0.3, 0.4) is 0 Å². The molecule has 3 nitrogen and oxygen atoms in total. The molecular weight excluding hydrogens is 234 g/mol. The fraction of sp³-hybridized carbons (Fsp3) is 0.750. The third-order valence-electron chi connectivity index (χ3n) is 4.96. The van der Waals surface area contributed by atoms with Crippen molar-refractivity contribution in [1.82, 2.24) is 15.3 Å². The number of fused-ring (bicyclic) bond motifs is 2. The topological polar surface area (TPSA) is 37.8 Å². The molecule has 3 rings (SSSR count). The highest BCUT2D eigenvalue weighted by Crippen LogP contribution is 2.50. The molecule has 2 saturated carbocycles. The fourth-order valence-corrected chi connectivity index (χ4v) is 4.06. The van der Waals surface area contributed by atoms with Gasteiger partial charge in [0.2, 0.25) is 0 Å². The Balaban J connectivity index is 1.66. The van der Waals surface area contributed by atoms with Gasteiger partial charge < -0.3 is 5.32 Å². The molecule has 1 heterocycles. The first-order chi connectivity index (χ1) is 9.36. The molecule has 0 aromatic carbocycles. The highest BCUT2D eigenvalue weighted by molar-refractivity contribution is 4.99. The molecule has 0 amide bonds. The van der Waals surface area contributed by atoms with Gasteiger partial charge >= 0.3 is 0 Å². The van der Waals surface area contributed by atoms with Crippen molar-refractivity contribution in [3.63, 3.8) is 0 Å². The second kappa shape index (κ2) is 6.00. The molecule has 1 aromatic rings. The normalized spacial score (nSPS) is 30.7. The van der Waals surface area contributed by atoms with E-state index >= 15 is 0 Å². The summed E-state index contributed by atoms with van der Waals surface area (Å²) in [5.41, 5.74) is 0. The summed E-state index contributed by atoms with van der Waals surface area (Å²) >= 11 is 0. The molecule has 0 aliphatic heterocycles. The SMILES string of the molecule is CCCNC(CC1CC2CCC1C2)c1ncccn1. The summed E-state index contributed by atoms with van der Waals surface area (Å²) in [6, 6.07) is 2.25. The van der Waals surface area contributed by atoms with E-state index in [-0.39, 0.29) is 0 Å². The molecule has 19 heavy (non-hydrogen) atoms. The van der Waals surface area contributed by atoms with Crippen LogP contribution in [-0.2, 0) is 0 Å². The molecule has 4 unspecified atom stereocenters. The number of nitrogens with zero attached hydrogens (tertiary/aromatic N) is 2. The van der Waals surface area contributed by atoms with Gasteiger partial charge in [-0.25, -0.2) is 9.97 Å². The lowest BCUT2D eigenvalue weighted by Gasteiger charge is -2.26. The number of rotatable bonds is 6. The van der Waals surface area contributed by atoms with Gasteiger partial charge in [-0.3, -0.25) is 0 Å². The van der Waals surface area contributed by atoms with E-state index in [2.05, 4.69) is 22.2 Å². The van der Waals surface area contributed by atoms with Crippen LogP contribution in [0.4, 0.5) is 0 Å². The van der Waals surface area contributed by atoms with Gasteiger partial charge in [-0.05, 0) is 62.5 Å². The van der Waals surface area contributed by atoms with Gasteiger partial charge in [0.15, 0.2) is 0 Å². The fourth-order valence-electron chi connectivity index (χ4n) is 4.06. The molecule has 104 valence electrons. The van der Waals surface area contributed by atoms with Crippen LogP contribution in [0.15, 0.2) is 18.5 Å². The summed E-state index contributed by atoms with van der Waals surface area (Å²) in [5, 5.41) is 3.65. The predicted octanol–water partition coefficient (Wildman–Crippen LogP) is 3.34. The van der Waals surface area contributed by atoms with Crippen molar-refractivity contribution < 1.29 is 0 Å². The minimum atomic E-state index is 0.352. The van der Waals surface area contributed by atoms with Crippen LogP contribution in [0.2, 0.25) is 0 Å². The first-order valence-corrected chi connectivity index (χ1v) is 7.87. The Morgan fingerprint density at radius 1 is 1.26 bits per heavy atom. The number of nitrogens with one attached hydrogen (secondary N) is 1. The quantitative estimate of drug-likeness (QED) is 0.851. The van der Waals surface area contributed by atoms with Crippen LogP contribution in [0, 0.1) is 17.8 Å². The summed E-state index contributed by atoms with van der Waals surface area (Å²) in [6.45, 7) is 3.27. The summed E-state index contributed by atoms with van der Waals surface area (Å²) in [6.07, 6.45) is 12.0. The Morgan fingerprint density at radius 3 is 2.74 bits per heavy atom. The highest BCUT2D eigenvalue weighted by Gasteiger charge is 2.40. The minimum Gasteiger partial charge on any atom is -0.307 e. The van der Waals surface area contributed by atoms with Gasteiger partial charge in [-0.2, -0.15) is 0 Å². The van der Waals surface area contributed by atoms with E-state index in [1.165, 1.54) is 38.5 Å². The number of hydrogen-bond donors (Lipinski definition) is 1. The van der Waals surface area contributed by atoms with Gasteiger partial charge in [0.25, 0.3) is 0 Å². The average molecular weight is 259 g/mol. The van der Waals surface area contributed by atoms with Crippen LogP contribution in [0.5, 0.6) is 0 Å². The molecular formula is C16H25N3. The summed E-state index contributed by atoms with van der Waals surface area (Å²) in [5.74, 6) is 3.90. The third-order valence-corrected chi connectivity index (χ3v) is 4.96. The van der Waals surface area contributed by atoms with Crippen LogP contribution < -0.4 is 5.32 Å². The molecule has 2 aliphatic rings. The van der Waals surface area contributed by atoms with Crippen LogP contribution in [0.1, 0.15) is 57.3 Å². The standard InChI is InChI=1S/C16H25N3/c1-2-6-17-15(16-18-7-3-8-19-16)11-14-10-12-4-5-13(14)9-12/h3,7-8,12-15,17H,2,4-6,9-11H2,1H3. The second-order valence-electron chi connectivity index (χ2n) is 6.28. The maximum Gasteiger partial charge on any atom is 0.145 e. The molecule has 4 atom stereocenters. The summed E-state index contributed by atoms with van der Waals surface area (Å²) in [4.78, 5) is 8.93. The zero-order valence-electron chi connectivity index (χ0n) is 11.9. The van der Waals surface area contributed by atoms with E-state index < -0.39 is 0 Å². The van der Waals surface area contributed by atoms with E-state index in [0.717, 1.165) is 30.1 Å². The maximum absolute atomic E-state index is 4.46. The van der Waals surface area contributed by atoms with E-state index in [0.29, 0.717) is 6.04 Å². The van der Waals surface area contributed by atoms with Gasteiger partial charge in [0, 0.05) is 12.4 Å². The summed E-state index contributed by atoms with van der Waals surface area (Å²) in [7, 11) is 0. The highest BCUT2D eigenvalue weighted by atomic mass is 15.0. The van der Waals surface area contributed by atoms with Gasteiger partial charge in [0.05, 0.1) is 6.04 Å². The number of hydrogen-bond acceptors (Lipinski definition) is 3. The minimum absolute atomic E-state index is 0.352. The van der Waals surface area contributed by atoms with E-state index in [1.54, 1.807) is 0 Å². The Morgan fingerprint density at radius 2 is 2.11 bits per heavy atom. The van der Waals surface area contributed by atoms with Crippen molar-refractivity contribution in [2.75, 3.05) is 6.54 Å². The van der Waals surface area contributed by atoms with E-state index in [1.807, 2.05) is 18.5 Å². The first-order valence-electron chi connectivity index (χ1n) is 7.87. The lowest BCUT2D eigenvalue weighted by atomic mass is 9.84. The molecule has 1 N–H and O–H groups in total. The Kier molecular flexibility index (Phi) is 4.12. The average Bonchev–Trinajstić information content (AvgIpc) is 3.07. The van der Waals surface area contributed by atoms with Gasteiger partial charge in [-0.15, -0.1) is 0 Å². The first kappa shape index (κ1) is 13.0. The Labute approximate surface area is 116 Å². The van der Waals surface area contributed by atoms with Crippen molar-refractivity contribution in [3.8, 4) is 0 Å². The zero-order valence-corrected chi connectivity index (χ0v) is 11.9. The molecule has 0 spiro atoms. The van der Waals surface area contributed by atoms with Crippen LogP contribution in [0.25, 0.3) is 0 Å². The maximum atomic E-state index is 4.46. The molecule has 2 aliphatic carbocycles. The summed E-state index contributed by atoms with van der Waals surface area (Å²) < 4.78 is 0. The van der Waals surface area contributed by atoms with Crippen molar-refractivity contribution in [1.29, 1.82) is 0 Å². The van der Waals surface area contributed by atoms with Crippen molar-refractivity contribution in [2.24, 2.45) is 17.8 Å². The molecule has 3 heteroatoms. The molecule has 0 saturated heterocycles. The molecule has 0 radical (unpaired) electrons. The number of aromatic nitrogens is 2. The lowest BCUT2D eigenvalue weighted by Crippen LogP contribution is -2.27. The van der Waals surface area contributed by atoms with Crippen molar-refractivity contribution in [3.05, 3.63) is 24.3 Å².